The van der Waals surface area contributed by atoms with Crippen LogP contribution in [-0.4, -0.2) is 50.9 Å². The van der Waals surface area contributed by atoms with Crippen molar-refractivity contribution in [3.8, 4) is 11.3 Å². The molecule has 3 aromatic heterocycles. The van der Waals surface area contributed by atoms with Crippen LogP contribution >= 0.6 is 11.3 Å². The normalized spacial score (nSPS) is 20.2. The molecule has 2 aliphatic heterocycles. The zero-order valence-corrected chi connectivity index (χ0v) is 17.3. The zero-order valence-electron chi connectivity index (χ0n) is 16.5. The van der Waals surface area contributed by atoms with Gasteiger partial charge < -0.3 is 9.80 Å². The van der Waals surface area contributed by atoms with E-state index in [4.69, 9.17) is 0 Å². The fraction of sp³-hybridized carbons (Fsp3) is 0.217. The lowest BCUT2D eigenvalue weighted by Gasteiger charge is -2.47. The highest BCUT2D eigenvalue weighted by atomic mass is 32.1. The first-order valence-corrected chi connectivity index (χ1v) is 11.0. The first-order chi connectivity index (χ1) is 15.2. The Hall–Kier alpha value is -3.39. The number of likely N-dealkylation sites (tertiary alicyclic amines) is 1. The van der Waals surface area contributed by atoms with Crippen LogP contribution in [0.3, 0.4) is 0 Å². The highest BCUT2D eigenvalue weighted by Gasteiger charge is 2.49. The molecule has 1 aromatic carbocycles. The number of hydrogen-bond donors (Lipinski definition) is 0. The maximum absolute atomic E-state index is 15.6. The number of rotatable bonds is 3. The SMILES string of the molecule is C=CC(=O)N1CC[C@@H]2[C@H]1CN2c1ncnc2c(F)c(-c3cccc4sccc34)ncc12. The van der Waals surface area contributed by atoms with Crippen LogP contribution in [0.15, 0.2) is 54.8 Å². The Morgan fingerprint density at radius 1 is 1.19 bits per heavy atom. The van der Waals surface area contributed by atoms with Gasteiger partial charge in [-0.05, 0) is 30.0 Å². The standard InChI is InChI=1S/C23H18FN5OS/c1-2-19(30)28-8-6-16-17(28)11-29(16)23-15-10-25-21(20(24)22(15)26-12-27-23)14-4-3-5-18-13(14)7-9-31-18/h2-5,7,9-10,12,16-17H,1,6,8,11H2/t16-,17-/m1/s1. The van der Waals surface area contributed by atoms with Crippen LogP contribution in [-0.2, 0) is 4.79 Å². The summed E-state index contributed by atoms with van der Waals surface area (Å²) in [4.78, 5) is 29.2. The molecule has 8 heteroatoms. The van der Waals surface area contributed by atoms with Crippen LogP contribution in [0.4, 0.5) is 10.2 Å². The summed E-state index contributed by atoms with van der Waals surface area (Å²) in [6, 6.07) is 8.13. The van der Waals surface area contributed by atoms with Gasteiger partial charge in [0.05, 0.1) is 17.5 Å². The Labute approximate surface area is 181 Å². The molecule has 154 valence electrons. The van der Waals surface area contributed by atoms with E-state index in [1.54, 1.807) is 17.5 Å². The molecule has 0 unspecified atom stereocenters. The van der Waals surface area contributed by atoms with Gasteiger partial charge in [-0.25, -0.2) is 14.4 Å². The van der Waals surface area contributed by atoms with Crippen LogP contribution in [0.25, 0.3) is 32.2 Å². The minimum atomic E-state index is -0.438. The Balaban J connectivity index is 1.41. The quantitative estimate of drug-likeness (QED) is 0.459. The Morgan fingerprint density at radius 3 is 2.97 bits per heavy atom. The van der Waals surface area contributed by atoms with Crippen molar-refractivity contribution in [3.05, 3.63) is 60.6 Å². The third-order valence-corrected chi connectivity index (χ3v) is 7.26. The number of fused-ring (bicyclic) bond motifs is 3. The average molecular weight is 431 g/mol. The number of pyridine rings is 1. The van der Waals surface area contributed by atoms with Gasteiger partial charge in [0, 0.05) is 34.9 Å². The number of hydrogen-bond acceptors (Lipinski definition) is 6. The molecule has 0 bridgehead atoms. The number of amides is 1. The minimum absolute atomic E-state index is 0.0420. The molecule has 5 heterocycles. The van der Waals surface area contributed by atoms with E-state index in [2.05, 4.69) is 26.4 Å². The van der Waals surface area contributed by atoms with Gasteiger partial charge in [0.2, 0.25) is 5.91 Å². The third kappa shape index (κ3) is 2.61. The average Bonchev–Trinajstić information content (AvgIpc) is 3.38. The fourth-order valence-electron chi connectivity index (χ4n) is 4.85. The molecule has 0 radical (unpaired) electrons. The van der Waals surface area contributed by atoms with Crippen molar-refractivity contribution < 1.29 is 9.18 Å². The highest BCUT2D eigenvalue weighted by molar-refractivity contribution is 7.17. The molecule has 2 aliphatic rings. The molecule has 1 amide bonds. The first kappa shape index (κ1) is 18.4. The van der Waals surface area contributed by atoms with Gasteiger partial charge in [0.25, 0.3) is 0 Å². The molecule has 31 heavy (non-hydrogen) atoms. The second-order valence-electron chi connectivity index (χ2n) is 7.83. The number of aromatic nitrogens is 3. The van der Waals surface area contributed by atoms with Gasteiger partial charge in [-0.3, -0.25) is 9.78 Å². The summed E-state index contributed by atoms with van der Waals surface area (Å²) in [5.74, 6) is 0.192. The number of carbonyl (C=O) groups excluding carboxylic acids is 1. The zero-order chi connectivity index (χ0) is 21.1. The first-order valence-electron chi connectivity index (χ1n) is 10.1. The molecule has 0 N–H and O–H groups in total. The summed E-state index contributed by atoms with van der Waals surface area (Å²) in [6.45, 7) is 4.95. The summed E-state index contributed by atoms with van der Waals surface area (Å²) >= 11 is 1.62. The molecule has 2 saturated heterocycles. The largest absolute Gasteiger partial charge is 0.349 e. The predicted octanol–water partition coefficient (Wildman–Crippen LogP) is 4.02. The van der Waals surface area contributed by atoms with E-state index in [9.17, 15) is 4.79 Å². The lowest BCUT2D eigenvalue weighted by Crippen LogP contribution is -2.63. The van der Waals surface area contributed by atoms with Crippen LogP contribution < -0.4 is 4.90 Å². The highest BCUT2D eigenvalue weighted by Crippen LogP contribution is 2.40. The van der Waals surface area contributed by atoms with E-state index in [-0.39, 0.29) is 23.5 Å². The summed E-state index contributed by atoms with van der Waals surface area (Å²) < 4.78 is 16.7. The number of carbonyl (C=O) groups is 1. The number of anilines is 1. The number of nitrogens with zero attached hydrogens (tertiary/aromatic N) is 5. The smallest absolute Gasteiger partial charge is 0.246 e. The number of halogens is 1. The van der Waals surface area contributed by atoms with Gasteiger partial charge in [-0.1, -0.05) is 18.7 Å². The molecule has 0 saturated carbocycles. The summed E-state index contributed by atoms with van der Waals surface area (Å²) in [7, 11) is 0. The predicted molar refractivity (Wildman–Crippen MR) is 120 cm³/mol. The molecule has 4 aromatic rings. The van der Waals surface area contributed by atoms with E-state index >= 15 is 4.39 Å². The molecule has 0 aliphatic carbocycles. The fourth-order valence-corrected chi connectivity index (χ4v) is 5.66. The van der Waals surface area contributed by atoms with E-state index in [0.29, 0.717) is 30.0 Å². The van der Waals surface area contributed by atoms with Gasteiger partial charge >= 0.3 is 0 Å². The molecule has 0 spiro atoms. The minimum Gasteiger partial charge on any atom is -0.349 e. The topological polar surface area (TPSA) is 62.2 Å². The van der Waals surface area contributed by atoms with Crippen LogP contribution in [0.1, 0.15) is 6.42 Å². The van der Waals surface area contributed by atoms with Gasteiger partial charge in [-0.2, -0.15) is 0 Å². The van der Waals surface area contributed by atoms with E-state index in [0.717, 1.165) is 22.1 Å². The molecular formula is C23H18FN5OS. The third-order valence-electron chi connectivity index (χ3n) is 6.38. The second kappa shape index (κ2) is 6.81. The van der Waals surface area contributed by atoms with Crippen molar-refractivity contribution in [2.45, 2.75) is 18.5 Å². The van der Waals surface area contributed by atoms with Crippen molar-refractivity contribution in [2.24, 2.45) is 0 Å². The molecule has 6 rings (SSSR count). The number of benzene rings is 1. The van der Waals surface area contributed by atoms with Gasteiger partial charge in [-0.15, -0.1) is 11.3 Å². The second-order valence-corrected chi connectivity index (χ2v) is 8.78. The van der Waals surface area contributed by atoms with Gasteiger partial charge in [0.15, 0.2) is 5.82 Å². The molecule has 6 nitrogen and oxygen atoms in total. The van der Waals surface area contributed by atoms with Crippen LogP contribution in [0.2, 0.25) is 0 Å². The summed E-state index contributed by atoms with van der Waals surface area (Å²) in [5.41, 5.74) is 1.32. The maximum Gasteiger partial charge on any atom is 0.246 e. The maximum atomic E-state index is 15.6. The van der Waals surface area contributed by atoms with Crippen molar-refractivity contribution in [1.82, 2.24) is 19.9 Å². The molecule has 2 atom stereocenters. The van der Waals surface area contributed by atoms with E-state index in [1.807, 2.05) is 34.5 Å². The molecular weight excluding hydrogens is 413 g/mol. The number of thiophene rings is 1. The summed E-state index contributed by atoms with van der Waals surface area (Å²) in [5, 5.41) is 3.57. The lowest BCUT2D eigenvalue weighted by molar-refractivity contribution is -0.127. The van der Waals surface area contributed by atoms with Crippen molar-refractivity contribution in [2.75, 3.05) is 18.0 Å². The van der Waals surface area contributed by atoms with Crippen LogP contribution in [0, 0.1) is 5.82 Å². The Morgan fingerprint density at radius 2 is 2.10 bits per heavy atom. The van der Waals surface area contributed by atoms with Crippen molar-refractivity contribution >= 4 is 44.1 Å². The van der Waals surface area contributed by atoms with Crippen molar-refractivity contribution in [1.29, 1.82) is 0 Å². The lowest BCUT2D eigenvalue weighted by atomic mass is 9.96. The van der Waals surface area contributed by atoms with E-state index in [1.165, 1.54) is 12.4 Å². The monoisotopic (exact) mass is 431 g/mol. The Bertz CT molecular complexity index is 1370. The molecule has 2 fully saturated rings. The van der Waals surface area contributed by atoms with Crippen LogP contribution in [0.5, 0.6) is 0 Å². The van der Waals surface area contributed by atoms with Crippen molar-refractivity contribution in [3.63, 3.8) is 0 Å². The Kier molecular flexibility index (Phi) is 4.04. The van der Waals surface area contributed by atoms with E-state index < -0.39 is 5.82 Å². The van der Waals surface area contributed by atoms with Gasteiger partial charge in [0.1, 0.15) is 23.4 Å². The summed E-state index contributed by atoms with van der Waals surface area (Å²) in [6.07, 6.45) is 5.29.